The lowest BCUT2D eigenvalue weighted by molar-refractivity contribution is -0.156. The number of thiophene rings is 1. The SMILES string of the molecule is O=C(NCc1ccco1)c1ccsc1NC(=O)C1C2CCC(CC2)C1C(=O)O. The molecule has 5 rings (SSSR count). The van der Waals surface area contributed by atoms with E-state index in [1.165, 1.54) is 17.6 Å². The molecule has 0 spiro atoms. The van der Waals surface area contributed by atoms with Crippen LogP contribution >= 0.6 is 11.3 Å². The van der Waals surface area contributed by atoms with E-state index in [-0.39, 0.29) is 30.2 Å². The summed E-state index contributed by atoms with van der Waals surface area (Å²) < 4.78 is 5.20. The number of furan rings is 1. The third-order valence-corrected chi connectivity index (χ3v) is 6.79. The monoisotopic (exact) mass is 402 g/mol. The van der Waals surface area contributed by atoms with Crippen molar-refractivity contribution in [1.82, 2.24) is 5.32 Å². The molecule has 0 aliphatic heterocycles. The molecule has 8 heteroatoms. The third-order valence-electron chi connectivity index (χ3n) is 5.96. The summed E-state index contributed by atoms with van der Waals surface area (Å²) in [7, 11) is 0. The lowest BCUT2D eigenvalue weighted by Crippen LogP contribution is -2.49. The Labute approximate surface area is 166 Å². The van der Waals surface area contributed by atoms with E-state index < -0.39 is 17.8 Å². The number of rotatable bonds is 6. The van der Waals surface area contributed by atoms with Gasteiger partial charge < -0.3 is 20.2 Å². The van der Waals surface area contributed by atoms with E-state index in [0.717, 1.165) is 25.7 Å². The van der Waals surface area contributed by atoms with Gasteiger partial charge in [-0.3, -0.25) is 14.4 Å². The summed E-state index contributed by atoms with van der Waals surface area (Å²) in [5, 5.41) is 17.4. The standard InChI is InChI=1S/C20H22N2O5S/c23-17(21-10-13-2-1-8-27-13)14-7-9-28-19(14)22-18(24)15-11-3-5-12(6-4-11)16(15)20(25)26/h1-2,7-9,11-12,15-16H,3-6,10H2,(H,21,23)(H,22,24)(H,25,26). The summed E-state index contributed by atoms with van der Waals surface area (Å²) >= 11 is 1.26. The first-order chi connectivity index (χ1) is 13.5. The van der Waals surface area contributed by atoms with Gasteiger partial charge >= 0.3 is 5.97 Å². The Kier molecular flexibility index (Phi) is 5.21. The van der Waals surface area contributed by atoms with E-state index in [0.29, 0.717) is 16.3 Å². The minimum atomic E-state index is -0.892. The number of hydrogen-bond donors (Lipinski definition) is 3. The van der Waals surface area contributed by atoms with Crippen molar-refractivity contribution in [1.29, 1.82) is 0 Å². The van der Waals surface area contributed by atoms with Crippen molar-refractivity contribution >= 4 is 34.1 Å². The average molecular weight is 402 g/mol. The highest BCUT2D eigenvalue weighted by molar-refractivity contribution is 7.14. The lowest BCUT2D eigenvalue weighted by atomic mass is 9.58. The van der Waals surface area contributed by atoms with E-state index in [4.69, 9.17) is 4.42 Å². The molecule has 0 radical (unpaired) electrons. The van der Waals surface area contributed by atoms with Gasteiger partial charge in [0, 0.05) is 0 Å². The summed E-state index contributed by atoms with van der Waals surface area (Å²) in [4.78, 5) is 37.2. The van der Waals surface area contributed by atoms with Crippen molar-refractivity contribution in [3.63, 3.8) is 0 Å². The van der Waals surface area contributed by atoms with Crippen LogP contribution in [0.15, 0.2) is 34.3 Å². The van der Waals surface area contributed by atoms with Crippen LogP contribution in [-0.4, -0.2) is 22.9 Å². The van der Waals surface area contributed by atoms with Gasteiger partial charge in [-0.05, 0) is 61.1 Å². The van der Waals surface area contributed by atoms with Crippen molar-refractivity contribution in [2.45, 2.75) is 32.2 Å². The number of aliphatic carboxylic acids is 1. The first-order valence-corrected chi connectivity index (χ1v) is 10.3. The molecular weight excluding hydrogens is 380 g/mol. The maximum absolute atomic E-state index is 13.0. The third kappa shape index (κ3) is 3.56. The predicted octanol–water partition coefficient (Wildman–Crippen LogP) is 3.35. The zero-order chi connectivity index (χ0) is 19.7. The van der Waals surface area contributed by atoms with E-state index in [1.54, 1.807) is 23.6 Å². The molecule has 2 aromatic heterocycles. The van der Waals surface area contributed by atoms with Crippen LogP contribution in [0, 0.1) is 23.7 Å². The number of carbonyl (C=O) groups is 3. The highest BCUT2D eigenvalue weighted by Gasteiger charge is 2.50. The topological polar surface area (TPSA) is 109 Å². The van der Waals surface area contributed by atoms with Gasteiger partial charge in [-0.1, -0.05) is 0 Å². The van der Waals surface area contributed by atoms with Gasteiger partial charge in [0.1, 0.15) is 10.8 Å². The second-order valence-corrected chi connectivity index (χ2v) is 8.40. The number of fused-ring (bicyclic) bond motifs is 3. The molecule has 2 amide bonds. The smallest absolute Gasteiger partial charge is 0.307 e. The molecule has 3 N–H and O–H groups in total. The van der Waals surface area contributed by atoms with Crippen molar-refractivity contribution < 1.29 is 23.9 Å². The van der Waals surface area contributed by atoms with Gasteiger partial charge in [0.2, 0.25) is 5.91 Å². The average Bonchev–Trinajstić information content (AvgIpc) is 3.38. The minimum absolute atomic E-state index is 0.0673. The first-order valence-electron chi connectivity index (χ1n) is 9.46. The highest BCUT2D eigenvalue weighted by Crippen LogP contribution is 2.49. The molecular formula is C20H22N2O5S. The van der Waals surface area contributed by atoms with Crippen LogP contribution in [-0.2, 0) is 16.1 Å². The van der Waals surface area contributed by atoms with Crippen LogP contribution in [0.25, 0.3) is 0 Å². The Morgan fingerprint density at radius 2 is 1.82 bits per heavy atom. The van der Waals surface area contributed by atoms with Gasteiger partial charge in [0.25, 0.3) is 5.91 Å². The summed E-state index contributed by atoms with van der Waals surface area (Å²) in [6.07, 6.45) is 5.09. The Balaban J connectivity index is 1.46. The number of carboxylic acids is 1. The molecule has 3 aliphatic rings. The summed E-state index contributed by atoms with van der Waals surface area (Å²) in [6.45, 7) is 0.253. The normalized spacial score (nSPS) is 26.0. The molecule has 2 heterocycles. The fraction of sp³-hybridized carbons (Fsp3) is 0.450. The van der Waals surface area contributed by atoms with Crippen molar-refractivity contribution in [2.75, 3.05) is 5.32 Å². The summed E-state index contributed by atoms with van der Waals surface area (Å²) in [5.74, 6) is -1.86. The number of carboxylic acid groups (broad SMARTS) is 1. The molecule has 2 unspecified atom stereocenters. The molecule has 28 heavy (non-hydrogen) atoms. The summed E-state index contributed by atoms with van der Waals surface area (Å²) in [6, 6.07) is 5.16. The minimum Gasteiger partial charge on any atom is -0.481 e. The van der Waals surface area contributed by atoms with E-state index in [1.807, 2.05) is 0 Å². The van der Waals surface area contributed by atoms with Crippen molar-refractivity contribution in [3.05, 3.63) is 41.2 Å². The van der Waals surface area contributed by atoms with Crippen LogP contribution in [0.4, 0.5) is 5.00 Å². The van der Waals surface area contributed by atoms with Gasteiger partial charge in [-0.25, -0.2) is 0 Å². The second kappa shape index (κ2) is 7.79. The predicted molar refractivity (Wildman–Crippen MR) is 103 cm³/mol. The first kappa shape index (κ1) is 18.7. The number of nitrogens with one attached hydrogen (secondary N) is 2. The molecule has 2 aromatic rings. The number of amides is 2. The zero-order valence-electron chi connectivity index (χ0n) is 15.2. The molecule has 2 atom stereocenters. The van der Waals surface area contributed by atoms with Crippen LogP contribution < -0.4 is 10.6 Å². The Hall–Kier alpha value is -2.61. The maximum atomic E-state index is 13.0. The Bertz CT molecular complexity index is 867. The van der Waals surface area contributed by atoms with Gasteiger partial charge in [0.05, 0.1) is 30.2 Å². The fourth-order valence-electron chi connectivity index (χ4n) is 4.64. The van der Waals surface area contributed by atoms with Gasteiger partial charge in [0.15, 0.2) is 0 Å². The van der Waals surface area contributed by atoms with E-state index in [2.05, 4.69) is 10.6 Å². The Morgan fingerprint density at radius 1 is 1.11 bits per heavy atom. The number of hydrogen-bond acceptors (Lipinski definition) is 5. The van der Waals surface area contributed by atoms with Crippen LogP contribution in [0.5, 0.6) is 0 Å². The maximum Gasteiger partial charge on any atom is 0.307 e. The molecule has 0 saturated heterocycles. The number of anilines is 1. The van der Waals surface area contributed by atoms with Gasteiger partial charge in [-0.15, -0.1) is 11.3 Å². The molecule has 2 bridgehead atoms. The zero-order valence-corrected chi connectivity index (χ0v) is 16.0. The van der Waals surface area contributed by atoms with Crippen LogP contribution in [0.1, 0.15) is 41.8 Å². The van der Waals surface area contributed by atoms with Gasteiger partial charge in [-0.2, -0.15) is 0 Å². The second-order valence-electron chi connectivity index (χ2n) is 7.48. The van der Waals surface area contributed by atoms with Crippen molar-refractivity contribution in [2.24, 2.45) is 23.7 Å². The Morgan fingerprint density at radius 3 is 2.46 bits per heavy atom. The highest BCUT2D eigenvalue weighted by atomic mass is 32.1. The van der Waals surface area contributed by atoms with Crippen molar-refractivity contribution in [3.8, 4) is 0 Å². The fourth-order valence-corrected chi connectivity index (χ4v) is 5.43. The quantitative estimate of drug-likeness (QED) is 0.687. The molecule has 7 nitrogen and oxygen atoms in total. The molecule has 3 fully saturated rings. The molecule has 3 aliphatic carbocycles. The van der Waals surface area contributed by atoms with E-state index in [9.17, 15) is 19.5 Å². The number of carbonyl (C=O) groups excluding carboxylic acids is 2. The van der Waals surface area contributed by atoms with Crippen LogP contribution in [0.3, 0.4) is 0 Å². The largest absolute Gasteiger partial charge is 0.481 e. The van der Waals surface area contributed by atoms with E-state index >= 15 is 0 Å². The molecule has 148 valence electrons. The molecule has 0 aromatic carbocycles. The van der Waals surface area contributed by atoms with Crippen LogP contribution in [0.2, 0.25) is 0 Å². The lowest BCUT2D eigenvalue weighted by Gasteiger charge is -2.45. The summed E-state index contributed by atoms with van der Waals surface area (Å²) in [5.41, 5.74) is 0.373. The molecule has 3 saturated carbocycles.